The van der Waals surface area contributed by atoms with Crippen molar-refractivity contribution in [3.8, 4) is 0 Å². The Hall–Kier alpha value is 0.0800. The molecule has 0 nitrogen and oxygen atoms in total. The summed E-state index contributed by atoms with van der Waals surface area (Å²) in [6.45, 7) is 2.71. The molecule has 58 valence electrons. The Kier molecular flexibility index (Phi) is 5.24. The zero-order valence-electron chi connectivity index (χ0n) is 5.30. The predicted molar refractivity (Wildman–Crippen MR) is 25.5 cm³/mol. The Bertz CT molecular complexity index is 69.1. The molecule has 0 fully saturated rings. The van der Waals surface area contributed by atoms with Crippen molar-refractivity contribution < 1.29 is 25.6 Å². The summed E-state index contributed by atoms with van der Waals surface area (Å²) in [6.07, 6.45) is -3.82. The van der Waals surface area contributed by atoms with Crippen LogP contribution in [0.15, 0.2) is 0 Å². The summed E-state index contributed by atoms with van der Waals surface area (Å²) in [5.74, 6) is -1.15. The molecule has 0 aliphatic carbocycles. The molecule has 0 N–H and O–H groups in total. The van der Waals surface area contributed by atoms with Gasteiger partial charge in [0.25, 0.3) is 0 Å². The van der Waals surface area contributed by atoms with Crippen molar-refractivity contribution in [3.63, 3.8) is 0 Å². The van der Waals surface area contributed by atoms with E-state index in [2.05, 4.69) is 0 Å². The van der Waals surface area contributed by atoms with Gasteiger partial charge in [-0.25, -0.2) is 0 Å². The Balaban J connectivity index is 0. The highest BCUT2D eigenvalue weighted by Gasteiger charge is 2.33. The molecule has 4 heteroatoms. The van der Waals surface area contributed by atoms with E-state index in [4.69, 9.17) is 0 Å². The van der Waals surface area contributed by atoms with E-state index in [-0.39, 0.29) is 18.8 Å². The Labute approximate surface area is 58.8 Å². The summed E-state index contributed by atoms with van der Waals surface area (Å²) < 4.78 is 34.3. The van der Waals surface area contributed by atoms with E-state index < -0.39 is 12.1 Å². The molecule has 0 aromatic carbocycles. The summed E-state index contributed by atoms with van der Waals surface area (Å²) in [7, 11) is 0. The highest BCUT2D eigenvalue weighted by Crippen LogP contribution is 2.27. The van der Waals surface area contributed by atoms with E-state index in [0.29, 0.717) is 0 Å². The van der Waals surface area contributed by atoms with Crippen LogP contribution in [0.3, 0.4) is 0 Å². The van der Waals surface area contributed by atoms with Crippen LogP contribution in [-0.2, 0) is 0 Å². The van der Waals surface area contributed by atoms with Crippen LogP contribution in [0.5, 0.6) is 0 Å². The van der Waals surface area contributed by atoms with Crippen LogP contribution in [0.1, 0.15) is 20.3 Å². The third-order valence-corrected chi connectivity index (χ3v) is 1.17. The number of hydrogen-bond donors (Lipinski definition) is 0. The van der Waals surface area contributed by atoms with E-state index in [0.717, 1.165) is 0 Å². The lowest BCUT2D eigenvalue weighted by molar-refractivity contribution is -0.170. The standard InChI is InChI=1S/C5H9F3.ClH/c1-3-4(2)5(6,7)8;/h4H,3H2,1-2H3;1H/p-1. The normalized spacial score (nSPS) is 14.3. The topological polar surface area (TPSA) is 0 Å². The van der Waals surface area contributed by atoms with Gasteiger partial charge in [-0.15, -0.1) is 0 Å². The molecule has 1 unspecified atom stereocenters. The summed E-state index contributed by atoms with van der Waals surface area (Å²) in [5, 5.41) is 0. The molecule has 0 bridgehead atoms. The predicted octanol–water partition coefficient (Wildman–Crippen LogP) is -0.401. The van der Waals surface area contributed by atoms with E-state index in [1.54, 1.807) is 0 Å². The van der Waals surface area contributed by atoms with Gasteiger partial charge in [-0.3, -0.25) is 0 Å². The molecule has 0 heterocycles. The van der Waals surface area contributed by atoms with Crippen LogP contribution in [0.25, 0.3) is 0 Å². The van der Waals surface area contributed by atoms with Crippen LogP contribution >= 0.6 is 0 Å². The lowest BCUT2D eigenvalue weighted by Crippen LogP contribution is -3.00. The Morgan fingerprint density at radius 2 is 1.67 bits per heavy atom. The minimum Gasteiger partial charge on any atom is -1.00 e. The Morgan fingerprint density at radius 3 is 1.67 bits per heavy atom. The molecule has 0 saturated heterocycles. The molecule has 0 aromatic rings. The summed E-state index contributed by atoms with van der Waals surface area (Å²) in [5.41, 5.74) is 0. The van der Waals surface area contributed by atoms with Crippen molar-refractivity contribution >= 4 is 0 Å². The van der Waals surface area contributed by atoms with E-state index in [1.165, 1.54) is 13.8 Å². The first-order valence-electron chi connectivity index (χ1n) is 2.55. The van der Waals surface area contributed by atoms with Crippen molar-refractivity contribution in [2.45, 2.75) is 26.4 Å². The average molecular weight is 162 g/mol. The third kappa shape index (κ3) is 4.58. The second kappa shape index (κ2) is 3.99. The number of rotatable bonds is 1. The second-order valence-electron chi connectivity index (χ2n) is 1.85. The SMILES string of the molecule is CCC(C)C(F)(F)F.[Cl-]. The van der Waals surface area contributed by atoms with Gasteiger partial charge in [-0.1, -0.05) is 13.8 Å². The number of halogens is 4. The number of alkyl halides is 3. The van der Waals surface area contributed by atoms with Crippen molar-refractivity contribution in [1.82, 2.24) is 0 Å². The molecule has 0 aliphatic heterocycles. The lowest BCUT2D eigenvalue weighted by Gasteiger charge is -2.11. The molecule has 1 atom stereocenters. The maximum absolute atomic E-state index is 11.4. The molecular weight excluding hydrogens is 153 g/mol. The molecule has 0 radical (unpaired) electrons. The first-order chi connectivity index (χ1) is 3.48. The van der Waals surface area contributed by atoms with Gasteiger partial charge in [0.15, 0.2) is 0 Å². The van der Waals surface area contributed by atoms with Crippen LogP contribution in [0.4, 0.5) is 13.2 Å². The molecule has 0 aliphatic rings. The minimum atomic E-state index is -3.99. The first kappa shape index (κ1) is 11.8. The summed E-state index contributed by atoms with van der Waals surface area (Å²) in [6, 6.07) is 0. The van der Waals surface area contributed by atoms with E-state index in [1.807, 2.05) is 0 Å². The molecule has 0 spiro atoms. The van der Waals surface area contributed by atoms with E-state index in [9.17, 15) is 13.2 Å². The third-order valence-electron chi connectivity index (χ3n) is 1.17. The maximum atomic E-state index is 11.4. The Morgan fingerprint density at radius 1 is 1.33 bits per heavy atom. The van der Waals surface area contributed by atoms with Crippen LogP contribution in [0, 0.1) is 5.92 Å². The molecule has 0 amide bonds. The summed E-state index contributed by atoms with van der Waals surface area (Å²) in [4.78, 5) is 0. The average Bonchev–Trinajstić information content (AvgIpc) is 1.62. The number of hydrogen-bond acceptors (Lipinski definition) is 0. The van der Waals surface area contributed by atoms with Gasteiger partial charge in [0.1, 0.15) is 0 Å². The fourth-order valence-electron chi connectivity index (χ4n) is 0.231. The van der Waals surface area contributed by atoms with Gasteiger partial charge >= 0.3 is 6.18 Å². The zero-order chi connectivity index (χ0) is 6.78. The lowest BCUT2D eigenvalue weighted by atomic mass is 10.1. The fraction of sp³-hybridized carbons (Fsp3) is 1.00. The second-order valence-corrected chi connectivity index (χ2v) is 1.85. The van der Waals surface area contributed by atoms with Crippen LogP contribution in [-0.4, -0.2) is 6.18 Å². The molecule has 0 aromatic heterocycles. The van der Waals surface area contributed by atoms with Gasteiger partial charge < -0.3 is 12.4 Å². The van der Waals surface area contributed by atoms with Crippen LogP contribution < -0.4 is 12.4 Å². The largest absolute Gasteiger partial charge is 1.00 e. The fourth-order valence-corrected chi connectivity index (χ4v) is 0.231. The van der Waals surface area contributed by atoms with Gasteiger partial charge in [0.05, 0.1) is 5.92 Å². The first-order valence-corrected chi connectivity index (χ1v) is 2.55. The molecular formula is C5H9ClF3-. The van der Waals surface area contributed by atoms with Gasteiger partial charge in [-0.2, -0.15) is 13.2 Å². The van der Waals surface area contributed by atoms with Gasteiger partial charge in [-0.05, 0) is 6.42 Å². The van der Waals surface area contributed by atoms with Crippen molar-refractivity contribution in [2.24, 2.45) is 5.92 Å². The monoisotopic (exact) mass is 161 g/mol. The zero-order valence-corrected chi connectivity index (χ0v) is 6.05. The quantitative estimate of drug-likeness (QED) is 0.491. The minimum absolute atomic E-state index is 0. The molecule has 0 rings (SSSR count). The summed E-state index contributed by atoms with van der Waals surface area (Å²) >= 11 is 0. The molecule has 9 heavy (non-hydrogen) atoms. The highest BCUT2D eigenvalue weighted by atomic mass is 35.5. The maximum Gasteiger partial charge on any atom is 0.391 e. The highest BCUT2D eigenvalue weighted by molar-refractivity contribution is 4.58. The van der Waals surface area contributed by atoms with Gasteiger partial charge in [0.2, 0.25) is 0 Å². The molecule has 0 saturated carbocycles. The smallest absolute Gasteiger partial charge is 0.391 e. The van der Waals surface area contributed by atoms with Crippen molar-refractivity contribution in [1.29, 1.82) is 0 Å². The van der Waals surface area contributed by atoms with Crippen molar-refractivity contribution in [3.05, 3.63) is 0 Å². The van der Waals surface area contributed by atoms with Crippen molar-refractivity contribution in [2.75, 3.05) is 0 Å². The van der Waals surface area contributed by atoms with Crippen LogP contribution in [0.2, 0.25) is 0 Å². The van der Waals surface area contributed by atoms with E-state index >= 15 is 0 Å². The van der Waals surface area contributed by atoms with Gasteiger partial charge in [0, 0.05) is 0 Å².